The molecule has 1 saturated heterocycles. The zero-order valence-corrected chi connectivity index (χ0v) is 16.0. The van der Waals surface area contributed by atoms with Crippen molar-refractivity contribution in [3.8, 4) is 0 Å². The van der Waals surface area contributed by atoms with Crippen LogP contribution in [0.1, 0.15) is 30.1 Å². The Kier molecular flexibility index (Phi) is 5.55. The Hall–Kier alpha value is -2.03. The number of benzene rings is 1. The van der Waals surface area contributed by atoms with Crippen LogP contribution < -0.4 is 5.32 Å². The number of nitrogens with one attached hydrogen (secondary N) is 1. The van der Waals surface area contributed by atoms with Crippen LogP contribution in [0.4, 0.5) is 5.69 Å². The zero-order valence-electron chi connectivity index (χ0n) is 14.3. The van der Waals surface area contributed by atoms with Gasteiger partial charge in [0.05, 0.1) is 5.92 Å². The van der Waals surface area contributed by atoms with Crippen LogP contribution in [0, 0.1) is 5.92 Å². The van der Waals surface area contributed by atoms with Crippen molar-refractivity contribution >= 4 is 38.7 Å². The topological polar surface area (TPSA) is 83.6 Å². The lowest BCUT2D eigenvalue weighted by Crippen LogP contribution is -2.43. The number of nitrogens with zero attached hydrogens (tertiary/aromatic N) is 1. The maximum Gasteiger partial charge on any atom is 0.252 e. The van der Waals surface area contributed by atoms with Crippen LogP contribution in [0.15, 0.2) is 46.0 Å². The summed E-state index contributed by atoms with van der Waals surface area (Å²) in [5.74, 6) is -0.637. The smallest absolute Gasteiger partial charge is 0.252 e. The molecular formula is C18H20N2O4S2. The summed E-state index contributed by atoms with van der Waals surface area (Å²) in [5.41, 5.74) is 1.17. The van der Waals surface area contributed by atoms with Crippen molar-refractivity contribution in [1.29, 1.82) is 0 Å². The third-order valence-corrected chi connectivity index (χ3v) is 7.64. The quantitative estimate of drug-likeness (QED) is 0.793. The van der Waals surface area contributed by atoms with Crippen molar-refractivity contribution in [2.24, 2.45) is 5.92 Å². The summed E-state index contributed by atoms with van der Waals surface area (Å²) in [4.78, 5) is 23.9. The molecule has 2 heterocycles. The number of thiophene rings is 1. The van der Waals surface area contributed by atoms with E-state index in [4.69, 9.17) is 0 Å². The first-order valence-corrected chi connectivity index (χ1v) is 10.7. The van der Waals surface area contributed by atoms with Crippen molar-refractivity contribution in [2.45, 2.75) is 24.0 Å². The fourth-order valence-electron chi connectivity index (χ4n) is 2.94. The molecule has 1 atom stereocenters. The van der Waals surface area contributed by atoms with Gasteiger partial charge in [-0.15, -0.1) is 11.3 Å². The highest BCUT2D eigenvalue weighted by molar-refractivity contribution is 7.91. The molecule has 6 nitrogen and oxygen atoms in total. The van der Waals surface area contributed by atoms with E-state index in [0.717, 1.165) is 0 Å². The average Bonchev–Trinajstić information content (AvgIpc) is 3.18. The van der Waals surface area contributed by atoms with Crippen LogP contribution in [0.2, 0.25) is 0 Å². The number of hydrogen-bond donors (Lipinski definition) is 1. The van der Waals surface area contributed by atoms with Crippen molar-refractivity contribution in [3.63, 3.8) is 0 Å². The van der Waals surface area contributed by atoms with Crippen molar-refractivity contribution in [1.82, 2.24) is 4.31 Å². The number of carbonyl (C=O) groups is 2. The number of anilines is 1. The monoisotopic (exact) mass is 392 g/mol. The second-order valence-corrected chi connectivity index (χ2v) is 9.37. The van der Waals surface area contributed by atoms with Crippen LogP contribution in [-0.2, 0) is 14.8 Å². The Morgan fingerprint density at radius 3 is 2.54 bits per heavy atom. The minimum atomic E-state index is -3.54. The standard InChI is InChI=1S/C18H20N2O4S2/c1-13(21)14-6-8-16(9-7-14)19-18(22)15-4-2-10-20(12-15)26(23,24)17-5-3-11-25-17/h3,5-9,11,15H,2,4,10,12H2,1H3,(H,19,22). The van der Waals surface area contributed by atoms with Gasteiger partial charge in [-0.25, -0.2) is 8.42 Å². The van der Waals surface area contributed by atoms with E-state index in [1.807, 2.05) is 0 Å². The van der Waals surface area contributed by atoms with E-state index in [0.29, 0.717) is 34.8 Å². The summed E-state index contributed by atoms with van der Waals surface area (Å²) >= 11 is 1.18. The van der Waals surface area contributed by atoms with Crippen molar-refractivity contribution in [3.05, 3.63) is 47.3 Å². The van der Waals surface area contributed by atoms with E-state index in [1.54, 1.807) is 41.8 Å². The van der Waals surface area contributed by atoms with Gasteiger partial charge in [-0.3, -0.25) is 9.59 Å². The maximum absolute atomic E-state index is 12.6. The largest absolute Gasteiger partial charge is 0.326 e. The first-order valence-electron chi connectivity index (χ1n) is 8.33. The lowest BCUT2D eigenvalue weighted by Gasteiger charge is -2.30. The molecule has 0 aliphatic carbocycles. The third kappa shape index (κ3) is 4.03. The molecule has 1 aromatic heterocycles. The van der Waals surface area contributed by atoms with E-state index >= 15 is 0 Å². The average molecular weight is 393 g/mol. The second-order valence-electron chi connectivity index (χ2n) is 6.26. The Balaban J connectivity index is 1.67. The number of amides is 1. The lowest BCUT2D eigenvalue weighted by atomic mass is 9.98. The molecule has 0 spiro atoms. The highest BCUT2D eigenvalue weighted by atomic mass is 32.2. The molecule has 26 heavy (non-hydrogen) atoms. The number of carbonyl (C=O) groups excluding carboxylic acids is 2. The minimum Gasteiger partial charge on any atom is -0.326 e. The molecule has 1 fully saturated rings. The van der Waals surface area contributed by atoms with Crippen LogP contribution >= 0.6 is 11.3 Å². The number of Topliss-reactive ketones (excluding diaryl/α,β-unsaturated/α-hetero) is 1. The van der Waals surface area contributed by atoms with Gasteiger partial charge < -0.3 is 5.32 Å². The molecule has 2 aromatic rings. The van der Waals surface area contributed by atoms with Gasteiger partial charge in [0.1, 0.15) is 4.21 Å². The van der Waals surface area contributed by atoms with Crippen LogP contribution in [0.25, 0.3) is 0 Å². The Labute approximate surface area is 156 Å². The number of rotatable bonds is 5. The first kappa shape index (κ1) is 18.8. The molecule has 8 heteroatoms. The van der Waals surface area contributed by atoms with Crippen LogP contribution in [-0.4, -0.2) is 37.5 Å². The summed E-state index contributed by atoms with van der Waals surface area (Å²) in [6.07, 6.45) is 1.29. The van der Waals surface area contributed by atoms with Crippen molar-refractivity contribution < 1.29 is 18.0 Å². The molecule has 1 aliphatic heterocycles. The summed E-state index contributed by atoms with van der Waals surface area (Å²) in [7, 11) is -3.54. The van der Waals surface area contributed by atoms with Gasteiger partial charge in [-0.1, -0.05) is 6.07 Å². The Morgan fingerprint density at radius 1 is 1.19 bits per heavy atom. The minimum absolute atomic E-state index is 0.0374. The van der Waals surface area contributed by atoms with E-state index in [9.17, 15) is 18.0 Å². The molecule has 138 valence electrons. The highest BCUT2D eigenvalue weighted by Crippen LogP contribution is 2.27. The zero-order chi connectivity index (χ0) is 18.7. The molecule has 0 bridgehead atoms. The van der Waals surface area contributed by atoms with Crippen LogP contribution in [0.5, 0.6) is 0 Å². The number of piperidine rings is 1. The normalized spacial score (nSPS) is 18.4. The highest BCUT2D eigenvalue weighted by Gasteiger charge is 2.33. The molecule has 1 aromatic carbocycles. The first-order chi connectivity index (χ1) is 12.4. The summed E-state index contributed by atoms with van der Waals surface area (Å²) in [6, 6.07) is 9.96. The molecule has 3 rings (SSSR count). The molecule has 0 saturated carbocycles. The van der Waals surface area contributed by atoms with E-state index in [1.165, 1.54) is 22.6 Å². The number of sulfonamides is 1. The molecule has 1 N–H and O–H groups in total. The summed E-state index contributed by atoms with van der Waals surface area (Å²) in [5, 5.41) is 4.54. The third-order valence-electron chi connectivity index (χ3n) is 4.40. The van der Waals surface area contributed by atoms with Crippen molar-refractivity contribution in [2.75, 3.05) is 18.4 Å². The van der Waals surface area contributed by atoms with Gasteiger partial charge >= 0.3 is 0 Å². The fourth-order valence-corrected chi connectivity index (χ4v) is 5.61. The summed E-state index contributed by atoms with van der Waals surface area (Å²) in [6.45, 7) is 2.09. The van der Waals surface area contributed by atoms with Gasteiger partial charge in [-0.2, -0.15) is 4.31 Å². The molecule has 1 amide bonds. The van der Waals surface area contributed by atoms with Crippen LogP contribution in [0.3, 0.4) is 0 Å². The van der Waals surface area contributed by atoms with Gasteiger partial charge in [0.2, 0.25) is 5.91 Å². The van der Waals surface area contributed by atoms with Gasteiger partial charge in [0.15, 0.2) is 5.78 Å². The maximum atomic E-state index is 12.6. The van der Waals surface area contributed by atoms with E-state index in [-0.39, 0.29) is 18.2 Å². The predicted octanol–water partition coefficient (Wildman–Crippen LogP) is 2.99. The number of hydrogen-bond acceptors (Lipinski definition) is 5. The second kappa shape index (κ2) is 7.69. The van der Waals surface area contributed by atoms with Gasteiger partial charge in [0, 0.05) is 24.3 Å². The van der Waals surface area contributed by atoms with E-state index < -0.39 is 15.9 Å². The Morgan fingerprint density at radius 2 is 1.92 bits per heavy atom. The van der Waals surface area contributed by atoms with Gasteiger partial charge in [0.25, 0.3) is 10.0 Å². The molecular weight excluding hydrogens is 372 g/mol. The molecule has 1 aliphatic rings. The predicted molar refractivity (Wildman–Crippen MR) is 101 cm³/mol. The molecule has 1 unspecified atom stereocenters. The SMILES string of the molecule is CC(=O)c1ccc(NC(=O)C2CCCN(S(=O)(=O)c3cccs3)C2)cc1. The van der Waals surface area contributed by atoms with E-state index in [2.05, 4.69) is 5.32 Å². The lowest BCUT2D eigenvalue weighted by molar-refractivity contribution is -0.120. The van der Waals surface area contributed by atoms with Gasteiger partial charge in [-0.05, 0) is 55.5 Å². The summed E-state index contributed by atoms with van der Waals surface area (Å²) < 4.78 is 27.0. The fraction of sp³-hybridized carbons (Fsp3) is 0.333. The Bertz CT molecular complexity index is 890. The molecule has 0 radical (unpaired) electrons. The number of ketones is 1.